The second-order valence-corrected chi connectivity index (χ2v) is 7.78. The number of alkyl halides is 3. The summed E-state index contributed by atoms with van der Waals surface area (Å²) < 4.78 is 46.1. The van der Waals surface area contributed by atoms with Crippen molar-refractivity contribution in [3.63, 3.8) is 0 Å². The van der Waals surface area contributed by atoms with Crippen LogP contribution in [0.3, 0.4) is 0 Å². The molecule has 0 saturated heterocycles. The molecule has 1 fully saturated rings. The first-order valence-corrected chi connectivity index (χ1v) is 10.0. The molecular weight excluding hydrogens is 451 g/mol. The van der Waals surface area contributed by atoms with Crippen molar-refractivity contribution in [3.8, 4) is 0 Å². The third-order valence-corrected chi connectivity index (χ3v) is 5.14. The highest BCUT2D eigenvalue weighted by Crippen LogP contribution is 2.40. The molecule has 0 unspecified atom stereocenters. The van der Waals surface area contributed by atoms with Gasteiger partial charge in [0.2, 0.25) is 17.6 Å². The first-order chi connectivity index (χ1) is 15.2. The number of aryl methyl sites for hydroxylation is 1. The quantitative estimate of drug-likeness (QED) is 0.551. The zero-order valence-corrected chi connectivity index (χ0v) is 17.3. The Morgan fingerprint density at radius 2 is 2.09 bits per heavy atom. The number of allylic oxidation sites excluding steroid dienone is 1. The van der Waals surface area contributed by atoms with Gasteiger partial charge in [-0.05, 0) is 37.5 Å². The van der Waals surface area contributed by atoms with Crippen molar-refractivity contribution in [2.75, 3.05) is 0 Å². The predicted molar refractivity (Wildman–Crippen MR) is 107 cm³/mol. The van der Waals surface area contributed by atoms with Crippen molar-refractivity contribution < 1.29 is 27.1 Å². The van der Waals surface area contributed by atoms with Crippen LogP contribution < -0.4 is 5.32 Å². The Hall–Kier alpha value is -3.05. The van der Waals surface area contributed by atoms with Crippen LogP contribution in [0.25, 0.3) is 10.9 Å². The lowest BCUT2D eigenvalue weighted by atomic mass is 9.82. The van der Waals surface area contributed by atoms with Gasteiger partial charge in [0.05, 0.1) is 11.6 Å². The van der Waals surface area contributed by atoms with Gasteiger partial charge in [-0.25, -0.2) is 9.97 Å². The number of benzene rings is 1. The van der Waals surface area contributed by atoms with Crippen molar-refractivity contribution >= 4 is 28.4 Å². The number of aromatic nitrogens is 4. The van der Waals surface area contributed by atoms with Crippen molar-refractivity contribution in [2.45, 2.75) is 44.1 Å². The minimum atomic E-state index is -4.65. The van der Waals surface area contributed by atoms with E-state index in [2.05, 4.69) is 36.8 Å². The molecular formula is C20H17ClF3N5O3. The number of ether oxygens (including phenoxy) is 1. The van der Waals surface area contributed by atoms with Crippen LogP contribution in [-0.4, -0.2) is 38.5 Å². The summed E-state index contributed by atoms with van der Waals surface area (Å²) in [6.07, 6.45) is -3.06. The van der Waals surface area contributed by atoms with Crippen LogP contribution in [0.15, 0.2) is 41.1 Å². The number of nitrogens with zero attached hydrogens (tertiary/aromatic N) is 4. The lowest BCUT2D eigenvalue weighted by Gasteiger charge is -2.32. The van der Waals surface area contributed by atoms with Gasteiger partial charge in [0.1, 0.15) is 0 Å². The smallest absolute Gasteiger partial charge is 0.425 e. The Kier molecular flexibility index (Phi) is 6.11. The zero-order valence-electron chi connectivity index (χ0n) is 16.5. The summed E-state index contributed by atoms with van der Waals surface area (Å²) in [5.41, 5.74) is 0.981. The van der Waals surface area contributed by atoms with Crippen LogP contribution in [0.2, 0.25) is 5.02 Å². The van der Waals surface area contributed by atoms with E-state index in [1.807, 2.05) is 0 Å². The number of carbonyl (C=O) groups excluding carboxylic acids is 1. The fraction of sp³-hybridized carbons (Fsp3) is 0.350. The molecule has 1 aliphatic carbocycles. The molecule has 32 heavy (non-hydrogen) atoms. The van der Waals surface area contributed by atoms with E-state index in [0.717, 1.165) is 0 Å². The summed E-state index contributed by atoms with van der Waals surface area (Å²) in [6, 6.07) is 5.06. The Labute approximate surface area is 184 Å². The van der Waals surface area contributed by atoms with Crippen LogP contribution in [0.5, 0.6) is 0 Å². The molecule has 1 aliphatic rings. The van der Waals surface area contributed by atoms with E-state index >= 15 is 0 Å². The van der Waals surface area contributed by atoms with E-state index in [9.17, 15) is 18.0 Å². The topological polar surface area (TPSA) is 103 Å². The van der Waals surface area contributed by atoms with E-state index in [0.29, 0.717) is 40.4 Å². The molecule has 8 nitrogen and oxygen atoms in total. The lowest BCUT2D eigenvalue weighted by Crippen LogP contribution is -2.34. The molecule has 0 spiro atoms. The average Bonchev–Trinajstić information content (AvgIpc) is 3.16. The number of fused-ring (bicyclic) bond motifs is 1. The summed E-state index contributed by atoms with van der Waals surface area (Å²) in [5, 5.41) is 11.7. The Morgan fingerprint density at radius 3 is 2.84 bits per heavy atom. The average molecular weight is 468 g/mol. The van der Waals surface area contributed by atoms with E-state index in [1.165, 1.54) is 6.20 Å². The fourth-order valence-corrected chi connectivity index (χ4v) is 3.42. The van der Waals surface area contributed by atoms with Gasteiger partial charge in [0, 0.05) is 34.6 Å². The maximum atomic E-state index is 12.4. The third-order valence-electron chi connectivity index (χ3n) is 4.90. The molecule has 1 saturated carbocycles. The molecule has 0 bridgehead atoms. The maximum Gasteiger partial charge on any atom is 0.522 e. The molecule has 0 radical (unpaired) electrons. The number of amides is 1. The van der Waals surface area contributed by atoms with Crippen molar-refractivity contribution in [1.29, 1.82) is 0 Å². The highest BCUT2D eigenvalue weighted by Gasteiger charge is 2.42. The molecule has 3 aromatic rings. The number of hydrogen-bond acceptors (Lipinski definition) is 7. The summed E-state index contributed by atoms with van der Waals surface area (Å²) in [6.45, 7) is 3.80. The van der Waals surface area contributed by atoms with Gasteiger partial charge in [-0.1, -0.05) is 18.2 Å². The van der Waals surface area contributed by atoms with Gasteiger partial charge >= 0.3 is 6.36 Å². The van der Waals surface area contributed by atoms with Crippen LogP contribution in [-0.2, 0) is 11.2 Å². The molecule has 168 valence electrons. The standard InChI is InChI=1S/C20H17ClF3N5O3/c1-10(26-18(30)17-25-9-12-6-13(21)3-4-15(12)27-17)2-5-16-28-29-19(31-16)11-7-14(8-11)32-20(22,23)24/h3-4,6,9,11,14H,1-2,5,7-8H2,(H,26,30). The monoisotopic (exact) mass is 467 g/mol. The van der Waals surface area contributed by atoms with Crippen molar-refractivity contribution in [3.05, 3.63) is 59.3 Å². The van der Waals surface area contributed by atoms with Crippen LogP contribution in [0.1, 0.15) is 47.6 Å². The molecule has 12 heteroatoms. The van der Waals surface area contributed by atoms with Crippen molar-refractivity contribution in [1.82, 2.24) is 25.5 Å². The maximum absolute atomic E-state index is 12.4. The lowest BCUT2D eigenvalue weighted by molar-refractivity contribution is -0.352. The Balaban J connectivity index is 1.26. The zero-order chi connectivity index (χ0) is 22.9. The van der Waals surface area contributed by atoms with E-state index in [1.54, 1.807) is 18.2 Å². The molecule has 4 rings (SSSR count). The molecule has 2 heterocycles. The normalized spacial score (nSPS) is 18.4. The second kappa shape index (κ2) is 8.83. The number of hydrogen-bond donors (Lipinski definition) is 1. The predicted octanol–water partition coefficient (Wildman–Crippen LogP) is 4.32. The summed E-state index contributed by atoms with van der Waals surface area (Å²) in [4.78, 5) is 20.6. The SMILES string of the molecule is C=C(CCc1nnc(C2CC(OC(F)(F)F)C2)o1)NC(=O)c1ncc2cc(Cl)ccc2n1. The highest BCUT2D eigenvalue weighted by atomic mass is 35.5. The Bertz CT molecular complexity index is 1160. The summed E-state index contributed by atoms with van der Waals surface area (Å²) >= 11 is 5.92. The largest absolute Gasteiger partial charge is 0.522 e. The van der Waals surface area contributed by atoms with Crippen LogP contribution in [0, 0.1) is 0 Å². The first kappa shape index (κ1) is 22.2. The number of rotatable bonds is 7. The van der Waals surface area contributed by atoms with E-state index in [-0.39, 0.29) is 30.5 Å². The molecule has 0 atom stereocenters. The van der Waals surface area contributed by atoms with Gasteiger partial charge in [0.15, 0.2) is 0 Å². The van der Waals surface area contributed by atoms with Gasteiger partial charge in [-0.15, -0.1) is 23.4 Å². The Morgan fingerprint density at radius 1 is 1.31 bits per heavy atom. The molecule has 2 aromatic heterocycles. The first-order valence-electron chi connectivity index (χ1n) is 9.64. The van der Waals surface area contributed by atoms with E-state index < -0.39 is 18.4 Å². The number of halogens is 4. The van der Waals surface area contributed by atoms with E-state index in [4.69, 9.17) is 16.0 Å². The van der Waals surface area contributed by atoms with Crippen LogP contribution in [0.4, 0.5) is 13.2 Å². The minimum Gasteiger partial charge on any atom is -0.425 e. The molecule has 1 N–H and O–H groups in total. The minimum absolute atomic E-state index is 0.0123. The molecule has 1 aromatic carbocycles. The molecule has 1 amide bonds. The van der Waals surface area contributed by atoms with Gasteiger partial charge < -0.3 is 9.73 Å². The second-order valence-electron chi connectivity index (χ2n) is 7.34. The number of carbonyl (C=O) groups is 1. The summed E-state index contributed by atoms with van der Waals surface area (Å²) in [7, 11) is 0. The van der Waals surface area contributed by atoms with Crippen molar-refractivity contribution in [2.24, 2.45) is 0 Å². The number of nitrogens with one attached hydrogen (secondary N) is 1. The summed E-state index contributed by atoms with van der Waals surface area (Å²) in [5.74, 6) is -0.202. The third kappa shape index (κ3) is 5.40. The van der Waals surface area contributed by atoms with Gasteiger partial charge in [0.25, 0.3) is 5.91 Å². The van der Waals surface area contributed by atoms with Gasteiger partial charge in [-0.3, -0.25) is 9.53 Å². The van der Waals surface area contributed by atoms with Crippen LogP contribution >= 0.6 is 11.6 Å². The fourth-order valence-electron chi connectivity index (χ4n) is 3.24. The highest BCUT2D eigenvalue weighted by molar-refractivity contribution is 6.31. The van der Waals surface area contributed by atoms with Gasteiger partial charge in [-0.2, -0.15) is 0 Å². The molecule has 0 aliphatic heterocycles.